The molecule has 0 aromatic carbocycles. The van der Waals surface area contributed by atoms with Crippen LogP contribution in [0.2, 0.25) is 0 Å². The summed E-state index contributed by atoms with van der Waals surface area (Å²) in [5.41, 5.74) is 0. The van der Waals surface area contributed by atoms with Crippen LogP contribution >= 0.6 is 0 Å². The van der Waals surface area contributed by atoms with E-state index in [0.29, 0.717) is 18.3 Å². The lowest BCUT2D eigenvalue weighted by Gasteiger charge is -2.16. The number of aryl methyl sites for hydroxylation is 1. The van der Waals surface area contributed by atoms with Crippen molar-refractivity contribution in [2.75, 3.05) is 26.7 Å². The molecule has 110 valence electrons. The molecule has 0 atom stereocenters. The number of aromatic nitrogens is 2. The first-order valence-corrected chi connectivity index (χ1v) is 7.60. The molecule has 19 heavy (non-hydrogen) atoms. The van der Waals surface area contributed by atoms with Gasteiger partial charge in [0.1, 0.15) is 0 Å². The Balaban J connectivity index is 2.37. The van der Waals surface area contributed by atoms with Gasteiger partial charge in [-0.25, -0.2) is 0 Å². The molecule has 0 saturated heterocycles. The number of hydrogen-bond acceptors (Lipinski definition) is 6. The average molecular weight is 291 g/mol. The fourth-order valence-electron chi connectivity index (χ4n) is 1.40. The van der Waals surface area contributed by atoms with Gasteiger partial charge >= 0.3 is 0 Å². The van der Waals surface area contributed by atoms with Crippen LogP contribution in [0.15, 0.2) is 4.52 Å². The Morgan fingerprint density at radius 2 is 2.16 bits per heavy atom. The third-order valence-electron chi connectivity index (χ3n) is 2.47. The van der Waals surface area contributed by atoms with E-state index in [1.165, 1.54) is 11.4 Å². The largest absolute Gasteiger partial charge is 0.340 e. The van der Waals surface area contributed by atoms with Crippen molar-refractivity contribution in [3.63, 3.8) is 0 Å². The molecular weight excluding hydrogens is 270 g/mol. The molecule has 0 spiro atoms. The third-order valence-corrected chi connectivity index (χ3v) is 3.98. The second kappa shape index (κ2) is 7.53. The first kappa shape index (κ1) is 16.0. The smallest absolute Gasteiger partial charge is 0.279 e. The lowest BCUT2D eigenvalue weighted by atomic mass is 10.4. The summed E-state index contributed by atoms with van der Waals surface area (Å²) in [6.45, 7) is 5.81. The monoisotopic (exact) mass is 291 g/mol. The highest BCUT2D eigenvalue weighted by atomic mass is 32.2. The second-order valence-corrected chi connectivity index (χ2v) is 5.95. The number of nitrogens with zero attached hydrogens (tertiary/aromatic N) is 3. The van der Waals surface area contributed by atoms with E-state index in [2.05, 4.69) is 20.2 Å². The Hall–Kier alpha value is -1.03. The highest BCUT2D eigenvalue weighted by Crippen LogP contribution is 1.99. The van der Waals surface area contributed by atoms with Crippen LogP contribution in [-0.4, -0.2) is 49.5 Å². The minimum Gasteiger partial charge on any atom is -0.340 e. The first-order valence-electron chi connectivity index (χ1n) is 6.16. The standard InChI is InChI=1S/C10H21N5O3S/c1-4-11-6-5-7-15(3)19(16,17)12-8-10-13-9(2)18-14-10/h11-12H,4-8H2,1-3H3. The Labute approximate surface area is 113 Å². The van der Waals surface area contributed by atoms with Gasteiger partial charge in [-0.1, -0.05) is 12.1 Å². The fourth-order valence-corrected chi connectivity index (χ4v) is 2.30. The van der Waals surface area contributed by atoms with E-state index in [1.54, 1.807) is 6.92 Å². The molecule has 1 aromatic rings. The summed E-state index contributed by atoms with van der Waals surface area (Å²) < 4.78 is 32.2. The summed E-state index contributed by atoms with van der Waals surface area (Å²) in [4.78, 5) is 3.93. The van der Waals surface area contributed by atoms with E-state index < -0.39 is 10.2 Å². The van der Waals surface area contributed by atoms with Crippen LogP contribution in [0.4, 0.5) is 0 Å². The quantitative estimate of drug-likeness (QED) is 0.603. The van der Waals surface area contributed by atoms with Crippen LogP contribution in [0.1, 0.15) is 25.1 Å². The predicted octanol–water partition coefficient (Wildman–Crippen LogP) is -0.356. The number of rotatable bonds is 9. The molecule has 0 aliphatic heterocycles. The number of nitrogens with one attached hydrogen (secondary N) is 2. The summed E-state index contributed by atoms with van der Waals surface area (Å²) in [6, 6.07) is 0. The van der Waals surface area contributed by atoms with Gasteiger partial charge in [-0.05, 0) is 19.5 Å². The molecule has 1 aromatic heterocycles. The van der Waals surface area contributed by atoms with Crippen molar-refractivity contribution < 1.29 is 12.9 Å². The van der Waals surface area contributed by atoms with Crippen LogP contribution in [0.3, 0.4) is 0 Å². The van der Waals surface area contributed by atoms with Gasteiger partial charge in [0.2, 0.25) is 5.89 Å². The fraction of sp³-hybridized carbons (Fsp3) is 0.800. The highest BCUT2D eigenvalue weighted by Gasteiger charge is 2.17. The van der Waals surface area contributed by atoms with Gasteiger partial charge in [0.25, 0.3) is 10.2 Å². The van der Waals surface area contributed by atoms with Crippen LogP contribution in [0, 0.1) is 6.92 Å². The van der Waals surface area contributed by atoms with E-state index in [-0.39, 0.29) is 6.54 Å². The molecule has 0 unspecified atom stereocenters. The molecule has 2 N–H and O–H groups in total. The van der Waals surface area contributed by atoms with E-state index in [4.69, 9.17) is 4.52 Å². The topological polar surface area (TPSA) is 100 Å². The first-order chi connectivity index (χ1) is 8.95. The van der Waals surface area contributed by atoms with E-state index in [1.807, 2.05) is 6.92 Å². The zero-order chi connectivity index (χ0) is 14.3. The molecule has 0 amide bonds. The Bertz CT molecular complexity index is 473. The lowest BCUT2D eigenvalue weighted by molar-refractivity contribution is 0.386. The van der Waals surface area contributed by atoms with Crippen molar-refractivity contribution in [1.82, 2.24) is 24.5 Å². The minimum atomic E-state index is -3.50. The second-order valence-electron chi connectivity index (χ2n) is 4.08. The van der Waals surface area contributed by atoms with E-state index >= 15 is 0 Å². The summed E-state index contributed by atoms with van der Waals surface area (Å²) in [5.74, 6) is 0.732. The molecule has 0 radical (unpaired) electrons. The van der Waals surface area contributed by atoms with Crippen LogP contribution in [-0.2, 0) is 16.8 Å². The molecule has 0 aliphatic carbocycles. The molecule has 9 heteroatoms. The van der Waals surface area contributed by atoms with Gasteiger partial charge in [0.15, 0.2) is 5.82 Å². The van der Waals surface area contributed by atoms with E-state index in [0.717, 1.165) is 19.5 Å². The number of hydrogen-bond donors (Lipinski definition) is 2. The Morgan fingerprint density at radius 1 is 1.42 bits per heavy atom. The van der Waals surface area contributed by atoms with E-state index in [9.17, 15) is 8.42 Å². The Morgan fingerprint density at radius 3 is 2.74 bits per heavy atom. The highest BCUT2D eigenvalue weighted by molar-refractivity contribution is 7.87. The SMILES string of the molecule is CCNCCCN(C)S(=O)(=O)NCc1noc(C)n1. The zero-order valence-electron chi connectivity index (χ0n) is 11.5. The summed E-state index contributed by atoms with van der Waals surface area (Å²) in [7, 11) is -1.97. The molecular formula is C10H21N5O3S. The van der Waals surface area contributed by atoms with Crippen molar-refractivity contribution in [3.05, 3.63) is 11.7 Å². The molecule has 1 rings (SSSR count). The van der Waals surface area contributed by atoms with Crippen molar-refractivity contribution in [2.24, 2.45) is 0 Å². The lowest BCUT2D eigenvalue weighted by Crippen LogP contribution is -2.39. The summed E-state index contributed by atoms with van der Waals surface area (Å²) in [5, 5.41) is 6.76. The maximum Gasteiger partial charge on any atom is 0.279 e. The van der Waals surface area contributed by atoms with Gasteiger partial charge in [-0.15, -0.1) is 0 Å². The van der Waals surface area contributed by atoms with Gasteiger partial charge < -0.3 is 9.84 Å². The van der Waals surface area contributed by atoms with Gasteiger partial charge in [-0.2, -0.15) is 22.4 Å². The van der Waals surface area contributed by atoms with Gasteiger partial charge in [-0.3, -0.25) is 0 Å². The molecule has 0 bridgehead atoms. The average Bonchev–Trinajstić information content (AvgIpc) is 2.78. The molecule has 0 saturated carbocycles. The van der Waals surface area contributed by atoms with Gasteiger partial charge in [0, 0.05) is 20.5 Å². The molecule has 1 heterocycles. The van der Waals surface area contributed by atoms with Crippen molar-refractivity contribution in [2.45, 2.75) is 26.8 Å². The Kier molecular flexibility index (Phi) is 6.35. The van der Waals surface area contributed by atoms with Crippen LogP contribution < -0.4 is 10.0 Å². The zero-order valence-corrected chi connectivity index (χ0v) is 12.3. The molecule has 0 aliphatic rings. The maximum absolute atomic E-state index is 11.9. The van der Waals surface area contributed by atoms with Gasteiger partial charge in [0.05, 0.1) is 6.54 Å². The normalized spacial score (nSPS) is 12.2. The summed E-state index contributed by atoms with van der Waals surface area (Å²) >= 11 is 0. The molecule has 8 nitrogen and oxygen atoms in total. The maximum atomic E-state index is 11.9. The molecule has 0 fully saturated rings. The van der Waals surface area contributed by atoms with Crippen LogP contribution in [0.5, 0.6) is 0 Å². The predicted molar refractivity (Wildman–Crippen MR) is 70.6 cm³/mol. The van der Waals surface area contributed by atoms with Crippen molar-refractivity contribution >= 4 is 10.2 Å². The van der Waals surface area contributed by atoms with Crippen molar-refractivity contribution in [3.8, 4) is 0 Å². The van der Waals surface area contributed by atoms with Crippen molar-refractivity contribution in [1.29, 1.82) is 0 Å². The third kappa shape index (κ3) is 5.64. The minimum absolute atomic E-state index is 0.0250. The van der Waals surface area contributed by atoms with Crippen LogP contribution in [0.25, 0.3) is 0 Å². The summed E-state index contributed by atoms with van der Waals surface area (Å²) in [6.07, 6.45) is 0.757.